The molecule has 0 aliphatic carbocycles. The summed E-state index contributed by atoms with van der Waals surface area (Å²) in [5.74, 6) is 0.922. The van der Waals surface area contributed by atoms with Crippen molar-refractivity contribution in [1.82, 2.24) is 9.78 Å². The Hall–Kier alpha value is -1.97. The fraction of sp³-hybridized carbons (Fsp3) is 0.357. The molecule has 2 heterocycles. The third-order valence-corrected chi connectivity index (χ3v) is 3.34. The van der Waals surface area contributed by atoms with Gasteiger partial charge in [-0.1, -0.05) is 18.2 Å². The second-order valence-corrected chi connectivity index (χ2v) is 4.71. The van der Waals surface area contributed by atoms with E-state index in [0.717, 1.165) is 18.9 Å². The van der Waals surface area contributed by atoms with Crippen molar-refractivity contribution in [3.63, 3.8) is 0 Å². The Morgan fingerprint density at radius 2 is 2.33 bits per heavy atom. The van der Waals surface area contributed by atoms with E-state index in [-0.39, 0.29) is 0 Å². The third-order valence-electron chi connectivity index (χ3n) is 3.34. The lowest BCUT2D eigenvalue weighted by atomic mass is 9.99. The molecule has 2 N–H and O–H groups in total. The number of nitrogens with one attached hydrogen (secondary N) is 2. The molecule has 0 saturated carbocycles. The second kappa shape index (κ2) is 4.72. The summed E-state index contributed by atoms with van der Waals surface area (Å²) in [7, 11) is 1.93. The van der Waals surface area contributed by atoms with Crippen molar-refractivity contribution in [1.29, 1.82) is 0 Å². The van der Waals surface area contributed by atoms with Crippen molar-refractivity contribution in [2.45, 2.75) is 19.4 Å². The Morgan fingerprint density at radius 1 is 1.39 bits per heavy atom. The number of hydrogen-bond donors (Lipinski definition) is 2. The molecule has 0 radical (unpaired) electrons. The molecule has 0 spiro atoms. The first-order chi connectivity index (χ1) is 8.83. The van der Waals surface area contributed by atoms with Gasteiger partial charge < -0.3 is 10.6 Å². The lowest BCUT2D eigenvalue weighted by Crippen LogP contribution is -2.15. The van der Waals surface area contributed by atoms with Crippen molar-refractivity contribution in [3.05, 3.63) is 41.6 Å². The van der Waals surface area contributed by atoms with Crippen LogP contribution in [0.5, 0.6) is 0 Å². The van der Waals surface area contributed by atoms with E-state index in [1.54, 1.807) is 4.68 Å². The first-order valence-electron chi connectivity index (χ1n) is 6.41. The minimum absolute atomic E-state index is 0.813. The maximum absolute atomic E-state index is 4.32. The van der Waals surface area contributed by atoms with Crippen LogP contribution in [0.2, 0.25) is 0 Å². The van der Waals surface area contributed by atoms with Crippen LogP contribution in [0.25, 0.3) is 0 Å². The summed E-state index contributed by atoms with van der Waals surface area (Å²) in [6, 6.07) is 8.52. The van der Waals surface area contributed by atoms with Gasteiger partial charge in [0.1, 0.15) is 5.82 Å². The Balaban J connectivity index is 1.76. The number of benzene rings is 1. The maximum Gasteiger partial charge on any atom is 0.148 e. The molecule has 1 aromatic carbocycles. The molecule has 94 valence electrons. The third kappa shape index (κ3) is 2.18. The highest BCUT2D eigenvalue weighted by atomic mass is 15.3. The van der Waals surface area contributed by atoms with Crippen molar-refractivity contribution in [2.75, 3.05) is 17.2 Å². The van der Waals surface area contributed by atoms with Crippen LogP contribution in [0.1, 0.15) is 17.5 Å². The van der Waals surface area contributed by atoms with E-state index < -0.39 is 0 Å². The van der Waals surface area contributed by atoms with Gasteiger partial charge in [0.05, 0.1) is 0 Å². The van der Waals surface area contributed by atoms with Crippen LogP contribution < -0.4 is 10.6 Å². The van der Waals surface area contributed by atoms with Crippen molar-refractivity contribution in [3.8, 4) is 0 Å². The van der Waals surface area contributed by atoms with Crippen LogP contribution in [-0.4, -0.2) is 16.3 Å². The van der Waals surface area contributed by atoms with Gasteiger partial charge in [0.15, 0.2) is 0 Å². The molecule has 0 bridgehead atoms. The molecule has 18 heavy (non-hydrogen) atoms. The molecular weight excluding hydrogens is 224 g/mol. The van der Waals surface area contributed by atoms with Crippen molar-refractivity contribution in [2.24, 2.45) is 7.05 Å². The van der Waals surface area contributed by atoms with Gasteiger partial charge in [0.2, 0.25) is 0 Å². The van der Waals surface area contributed by atoms with E-state index in [9.17, 15) is 0 Å². The smallest absolute Gasteiger partial charge is 0.148 e. The Labute approximate surface area is 107 Å². The number of rotatable bonds is 3. The predicted molar refractivity (Wildman–Crippen MR) is 73.8 cm³/mol. The number of para-hydroxylation sites is 1. The van der Waals surface area contributed by atoms with Gasteiger partial charge in [0.25, 0.3) is 0 Å². The zero-order chi connectivity index (χ0) is 12.4. The van der Waals surface area contributed by atoms with Crippen LogP contribution in [-0.2, 0) is 20.0 Å². The lowest BCUT2D eigenvalue weighted by molar-refractivity contribution is 0.768. The summed E-state index contributed by atoms with van der Waals surface area (Å²) < 4.78 is 1.81. The van der Waals surface area contributed by atoms with Gasteiger partial charge in [-0.05, 0) is 24.0 Å². The van der Waals surface area contributed by atoms with Crippen molar-refractivity contribution < 1.29 is 0 Å². The quantitative estimate of drug-likeness (QED) is 0.868. The van der Waals surface area contributed by atoms with Gasteiger partial charge in [-0.15, -0.1) is 0 Å². The fourth-order valence-corrected chi connectivity index (χ4v) is 2.42. The van der Waals surface area contributed by atoms with Crippen LogP contribution in [0, 0.1) is 0 Å². The van der Waals surface area contributed by atoms with Gasteiger partial charge >= 0.3 is 0 Å². The van der Waals surface area contributed by atoms with Crippen LogP contribution in [0.3, 0.4) is 0 Å². The molecule has 1 aliphatic heterocycles. The minimum atomic E-state index is 0.813. The average Bonchev–Trinajstić information content (AvgIpc) is 2.82. The van der Waals surface area contributed by atoms with E-state index in [2.05, 4.69) is 33.9 Å². The summed E-state index contributed by atoms with van der Waals surface area (Å²) in [6.07, 6.45) is 4.35. The molecule has 0 saturated heterocycles. The second-order valence-electron chi connectivity index (χ2n) is 4.71. The molecule has 3 rings (SSSR count). The number of aryl methyl sites for hydroxylation is 2. The largest absolute Gasteiger partial charge is 0.385 e. The van der Waals surface area contributed by atoms with Crippen LogP contribution >= 0.6 is 0 Å². The minimum Gasteiger partial charge on any atom is -0.385 e. The number of nitrogens with zero attached hydrogens (tertiary/aromatic N) is 2. The molecule has 1 aromatic heterocycles. The van der Waals surface area contributed by atoms with E-state index in [1.165, 1.54) is 29.7 Å². The lowest BCUT2D eigenvalue weighted by Gasteiger charge is -2.21. The summed E-state index contributed by atoms with van der Waals surface area (Å²) >= 11 is 0. The summed E-state index contributed by atoms with van der Waals surface area (Å²) in [5, 5.41) is 11.2. The first kappa shape index (κ1) is 11.1. The average molecular weight is 242 g/mol. The molecule has 0 unspecified atom stereocenters. The van der Waals surface area contributed by atoms with Crippen LogP contribution in [0.4, 0.5) is 11.5 Å². The van der Waals surface area contributed by atoms with Gasteiger partial charge in [0, 0.05) is 38.1 Å². The highest BCUT2D eigenvalue weighted by Gasteiger charge is 2.11. The van der Waals surface area contributed by atoms with E-state index in [0.29, 0.717) is 0 Å². The molecule has 0 atom stereocenters. The number of aromatic nitrogens is 2. The zero-order valence-electron chi connectivity index (χ0n) is 10.6. The monoisotopic (exact) mass is 242 g/mol. The highest BCUT2D eigenvalue weighted by molar-refractivity contribution is 5.60. The SMILES string of the molecule is Cn1ccc(NCc2cccc3c2NCCC3)n1. The highest BCUT2D eigenvalue weighted by Crippen LogP contribution is 2.26. The molecule has 0 amide bonds. The predicted octanol–water partition coefficient (Wildman–Crippen LogP) is 2.39. The summed E-state index contributed by atoms with van der Waals surface area (Å²) in [4.78, 5) is 0. The van der Waals surface area contributed by atoms with Gasteiger partial charge in [-0.2, -0.15) is 5.10 Å². The Kier molecular flexibility index (Phi) is 2.92. The van der Waals surface area contributed by atoms with Crippen LogP contribution in [0.15, 0.2) is 30.5 Å². The molecule has 0 fully saturated rings. The molecule has 2 aromatic rings. The molecule has 4 heteroatoms. The number of fused-ring (bicyclic) bond motifs is 1. The topological polar surface area (TPSA) is 41.9 Å². The molecule has 1 aliphatic rings. The normalized spacial score (nSPS) is 13.8. The van der Waals surface area contributed by atoms with Gasteiger partial charge in [-0.3, -0.25) is 4.68 Å². The number of hydrogen-bond acceptors (Lipinski definition) is 3. The molecule has 4 nitrogen and oxygen atoms in total. The number of anilines is 2. The van der Waals surface area contributed by atoms with Gasteiger partial charge in [-0.25, -0.2) is 0 Å². The molecular formula is C14H18N4. The van der Waals surface area contributed by atoms with E-state index in [1.807, 2.05) is 19.3 Å². The Morgan fingerprint density at radius 3 is 3.17 bits per heavy atom. The maximum atomic E-state index is 4.32. The first-order valence-corrected chi connectivity index (χ1v) is 6.41. The summed E-state index contributed by atoms with van der Waals surface area (Å²) in [5.41, 5.74) is 4.06. The zero-order valence-corrected chi connectivity index (χ0v) is 10.6. The van der Waals surface area contributed by atoms with E-state index >= 15 is 0 Å². The van der Waals surface area contributed by atoms with Crippen molar-refractivity contribution >= 4 is 11.5 Å². The fourth-order valence-electron chi connectivity index (χ4n) is 2.42. The summed E-state index contributed by atoms with van der Waals surface area (Å²) in [6.45, 7) is 1.89. The van der Waals surface area contributed by atoms with E-state index in [4.69, 9.17) is 0 Å². The Bertz CT molecular complexity index is 544. The standard InChI is InChI=1S/C14H18N4/c1-18-9-7-13(17-18)16-10-12-5-2-4-11-6-3-8-15-14(11)12/h2,4-5,7,9,15H,3,6,8,10H2,1H3,(H,16,17).